The normalized spacial score (nSPS) is 14.4. The van der Waals surface area contributed by atoms with E-state index in [4.69, 9.17) is 9.47 Å². The SMILES string of the molecule is CCCC(CCOCC(C)C)(CNC(=O)OC(C)(C)C)C(=O)O. The number of alkyl carbamates (subject to hydrolysis) is 1. The monoisotopic (exact) mass is 331 g/mol. The van der Waals surface area contributed by atoms with Crippen LogP contribution < -0.4 is 5.32 Å². The number of rotatable bonds is 10. The largest absolute Gasteiger partial charge is 0.481 e. The number of amides is 1. The van der Waals surface area contributed by atoms with Crippen molar-refractivity contribution < 1.29 is 24.2 Å². The van der Waals surface area contributed by atoms with E-state index in [-0.39, 0.29) is 6.54 Å². The van der Waals surface area contributed by atoms with E-state index in [9.17, 15) is 14.7 Å². The van der Waals surface area contributed by atoms with Gasteiger partial charge in [-0.1, -0.05) is 27.2 Å². The highest BCUT2D eigenvalue weighted by atomic mass is 16.6. The predicted octanol–water partition coefficient (Wildman–Crippen LogP) is 3.44. The highest BCUT2D eigenvalue weighted by Crippen LogP contribution is 2.28. The molecule has 0 rings (SSSR count). The molecule has 0 aromatic heterocycles. The molecule has 0 radical (unpaired) electrons. The molecule has 23 heavy (non-hydrogen) atoms. The Labute approximate surface area is 139 Å². The second-order valence-corrected chi connectivity index (χ2v) is 7.41. The summed E-state index contributed by atoms with van der Waals surface area (Å²) in [7, 11) is 0. The fourth-order valence-corrected chi connectivity index (χ4v) is 2.21. The van der Waals surface area contributed by atoms with Crippen molar-refractivity contribution in [3.8, 4) is 0 Å². The molecule has 0 saturated heterocycles. The summed E-state index contributed by atoms with van der Waals surface area (Å²) in [5, 5.41) is 12.3. The molecule has 1 amide bonds. The van der Waals surface area contributed by atoms with Crippen molar-refractivity contribution in [3.63, 3.8) is 0 Å². The average molecular weight is 331 g/mol. The maximum atomic E-state index is 11.8. The first-order chi connectivity index (χ1) is 10.5. The maximum absolute atomic E-state index is 11.8. The second-order valence-electron chi connectivity index (χ2n) is 7.41. The molecule has 0 aromatic carbocycles. The molecule has 1 unspecified atom stereocenters. The zero-order chi connectivity index (χ0) is 18.1. The molecular weight excluding hydrogens is 298 g/mol. The van der Waals surface area contributed by atoms with Crippen LogP contribution in [-0.2, 0) is 14.3 Å². The molecule has 0 aliphatic carbocycles. The lowest BCUT2D eigenvalue weighted by Gasteiger charge is -2.30. The molecule has 0 heterocycles. The Morgan fingerprint density at radius 3 is 2.22 bits per heavy atom. The third-order valence-electron chi connectivity index (χ3n) is 3.33. The number of hydrogen-bond acceptors (Lipinski definition) is 4. The van der Waals surface area contributed by atoms with Crippen molar-refractivity contribution in [2.75, 3.05) is 19.8 Å². The van der Waals surface area contributed by atoms with E-state index in [1.165, 1.54) is 0 Å². The van der Waals surface area contributed by atoms with Crippen LogP contribution in [0.3, 0.4) is 0 Å². The van der Waals surface area contributed by atoms with Crippen LogP contribution in [0.15, 0.2) is 0 Å². The maximum Gasteiger partial charge on any atom is 0.407 e. The lowest BCUT2D eigenvalue weighted by molar-refractivity contribution is -0.150. The van der Waals surface area contributed by atoms with Gasteiger partial charge in [0.25, 0.3) is 0 Å². The zero-order valence-corrected chi connectivity index (χ0v) is 15.4. The van der Waals surface area contributed by atoms with Gasteiger partial charge in [-0.2, -0.15) is 0 Å². The van der Waals surface area contributed by atoms with Gasteiger partial charge >= 0.3 is 12.1 Å². The van der Waals surface area contributed by atoms with Crippen LogP contribution in [0, 0.1) is 11.3 Å². The van der Waals surface area contributed by atoms with Crippen molar-refractivity contribution in [1.82, 2.24) is 5.32 Å². The fraction of sp³-hybridized carbons (Fsp3) is 0.882. The Bertz CT molecular complexity index is 376. The van der Waals surface area contributed by atoms with Crippen LogP contribution in [0.25, 0.3) is 0 Å². The predicted molar refractivity (Wildman–Crippen MR) is 89.5 cm³/mol. The molecule has 6 nitrogen and oxygen atoms in total. The second kappa shape index (κ2) is 9.75. The third-order valence-corrected chi connectivity index (χ3v) is 3.33. The minimum Gasteiger partial charge on any atom is -0.481 e. The van der Waals surface area contributed by atoms with E-state index < -0.39 is 23.1 Å². The van der Waals surface area contributed by atoms with Gasteiger partial charge in [0.05, 0.1) is 5.41 Å². The Balaban J connectivity index is 4.71. The van der Waals surface area contributed by atoms with Crippen LogP contribution in [-0.4, -0.2) is 42.5 Å². The Hall–Kier alpha value is -1.30. The number of nitrogens with one attached hydrogen (secondary N) is 1. The van der Waals surface area contributed by atoms with Crippen LogP contribution in [0.5, 0.6) is 0 Å². The lowest BCUT2D eigenvalue weighted by atomic mass is 9.80. The van der Waals surface area contributed by atoms with Gasteiger partial charge in [-0.3, -0.25) is 4.79 Å². The van der Waals surface area contributed by atoms with E-state index in [0.29, 0.717) is 38.4 Å². The van der Waals surface area contributed by atoms with E-state index >= 15 is 0 Å². The highest BCUT2D eigenvalue weighted by molar-refractivity contribution is 5.76. The van der Waals surface area contributed by atoms with Gasteiger partial charge in [0.15, 0.2) is 0 Å². The number of aliphatic carboxylic acids is 1. The Morgan fingerprint density at radius 2 is 1.78 bits per heavy atom. The highest BCUT2D eigenvalue weighted by Gasteiger charge is 2.38. The van der Waals surface area contributed by atoms with Gasteiger partial charge in [-0.25, -0.2) is 4.79 Å². The summed E-state index contributed by atoms with van der Waals surface area (Å²) in [4.78, 5) is 23.6. The van der Waals surface area contributed by atoms with Gasteiger partial charge in [0.2, 0.25) is 0 Å². The van der Waals surface area contributed by atoms with Crippen molar-refractivity contribution in [2.45, 2.75) is 66.4 Å². The summed E-state index contributed by atoms with van der Waals surface area (Å²) in [6.45, 7) is 12.3. The molecule has 0 aliphatic heterocycles. The number of hydrogen-bond donors (Lipinski definition) is 2. The Morgan fingerprint density at radius 1 is 1.17 bits per heavy atom. The molecule has 136 valence electrons. The van der Waals surface area contributed by atoms with Crippen LogP contribution in [0.1, 0.15) is 60.8 Å². The first kappa shape index (κ1) is 21.7. The zero-order valence-electron chi connectivity index (χ0n) is 15.4. The molecule has 0 aliphatic rings. The summed E-state index contributed by atoms with van der Waals surface area (Å²) in [5.74, 6) is -0.510. The number of carbonyl (C=O) groups excluding carboxylic acids is 1. The topological polar surface area (TPSA) is 84.9 Å². The van der Waals surface area contributed by atoms with E-state index in [1.807, 2.05) is 20.8 Å². The van der Waals surface area contributed by atoms with Crippen LogP contribution in [0.4, 0.5) is 4.79 Å². The van der Waals surface area contributed by atoms with Crippen molar-refractivity contribution in [3.05, 3.63) is 0 Å². The number of carboxylic acids is 1. The van der Waals surface area contributed by atoms with Gasteiger partial charge in [-0.05, 0) is 39.5 Å². The number of carbonyl (C=O) groups is 2. The standard InChI is InChI=1S/C17H33NO5/c1-7-8-17(14(19)20,9-10-22-11-13(2)3)12-18-15(21)23-16(4,5)6/h13H,7-12H2,1-6H3,(H,18,21)(H,19,20). The summed E-state index contributed by atoms with van der Waals surface area (Å²) in [6.07, 6.45) is 0.955. The van der Waals surface area contributed by atoms with Gasteiger partial charge < -0.3 is 19.9 Å². The third kappa shape index (κ3) is 9.43. The Kier molecular flexibility index (Phi) is 9.20. The van der Waals surface area contributed by atoms with Crippen molar-refractivity contribution in [2.24, 2.45) is 11.3 Å². The molecule has 6 heteroatoms. The average Bonchev–Trinajstić information content (AvgIpc) is 2.38. The van der Waals surface area contributed by atoms with E-state index in [2.05, 4.69) is 5.32 Å². The number of ether oxygens (including phenoxy) is 2. The summed E-state index contributed by atoms with van der Waals surface area (Å²) < 4.78 is 10.7. The molecule has 2 N–H and O–H groups in total. The molecule has 0 bridgehead atoms. The van der Waals surface area contributed by atoms with Gasteiger partial charge in [0, 0.05) is 19.8 Å². The number of carboxylic acid groups (broad SMARTS) is 1. The molecule has 1 atom stereocenters. The van der Waals surface area contributed by atoms with Crippen molar-refractivity contribution in [1.29, 1.82) is 0 Å². The smallest absolute Gasteiger partial charge is 0.407 e. The minimum atomic E-state index is -1.03. The first-order valence-electron chi connectivity index (χ1n) is 8.30. The van der Waals surface area contributed by atoms with Crippen LogP contribution >= 0.6 is 0 Å². The van der Waals surface area contributed by atoms with Crippen LogP contribution in [0.2, 0.25) is 0 Å². The molecule has 0 fully saturated rings. The molecule has 0 saturated carbocycles. The lowest BCUT2D eigenvalue weighted by Crippen LogP contribution is -2.45. The van der Waals surface area contributed by atoms with Crippen molar-refractivity contribution >= 4 is 12.1 Å². The minimum absolute atomic E-state index is 0.0378. The molecule has 0 spiro atoms. The first-order valence-corrected chi connectivity index (χ1v) is 8.30. The van der Waals surface area contributed by atoms with Gasteiger partial charge in [-0.15, -0.1) is 0 Å². The van der Waals surface area contributed by atoms with E-state index in [1.54, 1.807) is 20.8 Å². The fourth-order valence-electron chi connectivity index (χ4n) is 2.21. The quantitative estimate of drug-likeness (QED) is 0.599. The summed E-state index contributed by atoms with van der Waals surface area (Å²) in [5.41, 5.74) is -1.64. The van der Waals surface area contributed by atoms with Gasteiger partial charge in [0.1, 0.15) is 5.60 Å². The summed E-state index contributed by atoms with van der Waals surface area (Å²) in [6, 6.07) is 0. The molecule has 0 aromatic rings. The molecular formula is C17H33NO5. The van der Waals surface area contributed by atoms with E-state index in [0.717, 1.165) is 0 Å². The summed E-state index contributed by atoms with van der Waals surface area (Å²) >= 11 is 0.